The van der Waals surface area contributed by atoms with Crippen molar-refractivity contribution in [3.05, 3.63) is 75.2 Å². The maximum absolute atomic E-state index is 14.5. The zero-order chi connectivity index (χ0) is 34.3. The first-order valence-electron chi connectivity index (χ1n) is 15.1. The average Bonchev–Trinajstić information content (AvgIpc) is 3.56. The SMILES string of the molecule is CC[C@H](C(=O)NC1CCCC1)N(Cc1ccc(Cl)cc1Cl)C(=O)CN(c1cc(Cl)ccc1OC)S(=O)(=O)c1ccc(OC)c(OC)c1. The monoisotopic (exact) mass is 725 g/mol. The number of nitrogens with zero attached hydrogens (tertiary/aromatic N) is 2. The number of benzene rings is 3. The molecule has 1 atom stereocenters. The van der Waals surface area contributed by atoms with E-state index in [2.05, 4.69) is 5.32 Å². The van der Waals surface area contributed by atoms with Crippen LogP contribution in [0.1, 0.15) is 44.6 Å². The Morgan fingerprint density at radius 3 is 2.11 bits per heavy atom. The summed E-state index contributed by atoms with van der Waals surface area (Å²) in [7, 11) is -0.281. The average molecular weight is 727 g/mol. The quantitative estimate of drug-likeness (QED) is 0.196. The maximum Gasteiger partial charge on any atom is 0.265 e. The third-order valence-electron chi connectivity index (χ3n) is 8.07. The Morgan fingerprint density at radius 1 is 0.872 bits per heavy atom. The van der Waals surface area contributed by atoms with Crippen LogP contribution in [0.2, 0.25) is 15.1 Å². The predicted molar refractivity (Wildman–Crippen MR) is 184 cm³/mol. The first kappa shape index (κ1) is 36.5. The normalized spacial score (nSPS) is 13.9. The van der Waals surface area contributed by atoms with E-state index >= 15 is 0 Å². The molecule has 1 aliphatic rings. The molecule has 0 saturated heterocycles. The van der Waals surface area contributed by atoms with E-state index in [0.29, 0.717) is 21.4 Å². The summed E-state index contributed by atoms with van der Waals surface area (Å²) >= 11 is 19.0. The summed E-state index contributed by atoms with van der Waals surface area (Å²) in [5.41, 5.74) is 0.558. The number of methoxy groups -OCH3 is 3. The largest absolute Gasteiger partial charge is 0.495 e. The van der Waals surface area contributed by atoms with Crippen LogP contribution in [0.15, 0.2) is 59.5 Å². The number of carbonyl (C=O) groups is 2. The van der Waals surface area contributed by atoms with Gasteiger partial charge in [-0.05, 0) is 67.3 Å². The molecule has 47 heavy (non-hydrogen) atoms. The Hall–Kier alpha value is -3.38. The molecule has 0 spiro atoms. The van der Waals surface area contributed by atoms with Crippen molar-refractivity contribution < 1.29 is 32.2 Å². The Kier molecular flexibility index (Phi) is 12.5. The van der Waals surface area contributed by atoms with E-state index in [9.17, 15) is 18.0 Å². The highest BCUT2D eigenvalue weighted by atomic mass is 35.5. The lowest BCUT2D eigenvalue weighted by molar-refractivity contribution is -0.140. The number of rotatable bonds is 14. The number of ether oxygens (including phenoxy) is 3. The van der Waals surface area contributed by atoms with E-state index in [0.717, 1.165) is 30.0 Å². The molecule has 0 radical (unpaired) electrons. The van der Waals surface area contributed by atoms with Gasteiger partial charge in [-0.1, -0.05) is 60.6 Å². The van der Waals surface area contributed by atoms with Crippen LogP contribution >= 0.6 is 34.8 Å². The summed E-state index contributed by atoms with van der Waals surface area (Å²) in [6.07, 6.45) is 3.99. The molecule has 1 fully saturated rings. The van der Waals surface area contributed by atoms with Crippen molar-refractivity contribution in [3.63, 3.8) is 0 Å². The standard InChI is InChI=1S/C33H38Cl3N3O7S/c1-5-27(33(41)37-24-8-6-7-9-24)38(19-21-10-11-22(34)16-26(21)36)32(40)20-39(28-17-23(35)12-14-29(28)44-2)47(42,43)25-13-15-30(45-3)31(18-25)46-4/h10-18,24,27H,5-9,19-20H2,1-4H3,(H,37,41)/t27-/m1/s1. The molecule has 0 aliphatic heterocycles. The van der Waals surface area contributed by atoms with Crippen molar-refractivity contribution in [2.45, 2.75) is 62.6 Å². The number of halogens is 3. The van der Waals surface area contributed by atoms with Gasteiger partial charge in [-0.2, -0.15) is 0 Å². The number of sulfonamides is 1. The molecule has 0 aromatic heterocycles. The van der Waals surface area contributed by atoms with Gasteiger partial charge in [-0.25, -0.2) is 8.42 Å². The van der Waals surface area contributed by atoms with Crippen LogP contribution in [0, 0.1) is 0 Å². The second-order valence-electron chi connectivity index (χ2n) is 11.0. The second kappa shape index (κ2) is 16.1. The molecule has 0 unspecified atom stereocenters. The summed E-state index contributed by atoms with van der Waals surface area (Å²) in [5.74, 6) is -0.335. The highest BCUT2D eigenvalue weighted by Gasteiger charge is 2.36. The van der Waals surface area contributed by atoms with Gasteiger partial charge in [0, 0.05) is 33.7 Å². The van der Waals surface area contributed by atoms with Gasteiger partial charge >= 0.3 is 0 Å². The number of hydrogen-bond donors (Lipinski definition) is 1. The molecule has 3 aromatic carbocycles. The minimum Gasteiger partial charge on any atom is -0.495 e. The van der Waals surface area contributed by atoms with Gasteiger partial charge in [0.25, 0.3) is 10.0 Å². The number of carbonyl (C=O) groups excluding carboxylic acids is 2. The molecular weight excluding hydrogens is 689 g/mol. The molecular formula is C33H38Cl3N3O7S. The van der Waals surface area contributed by atoms with Gasteiger partial charge in [-0.15, -0.1) is 0 Å². The summed E-state index contributed by atoms with van der Waals surface area (Å²) < 4.78 is 45.9. The minimum atomic E-state index is -4.48. The Morgan fingerprint density at radius 2 is 1.49 bits per heavy atom. The third kappa shape index (κ3) is 8.56. The smallest absolute Gasteiger partial charge is 0.265 e. The van der Waals surface area contributed by atoms with E-state index in [1.54, 1.807) is 31.2 Å². The van der Waals surface area contributed by atoms with Gasteiger partial charge in [0.15, 0.2) is 11.5 Å². The van der Waals surface area contributed by atoms with Crippen molar-refractivity contribution in [2.75, 3.05) is 32.2 Å². The highest BCUT2D eigenvalue weighted by molar-refractivity contribution is 7.92. The maximum atomic E-state index is 14.5. The first-order valence-corrected chi connectivity index (χ1v) is 17.6. The lowest BCUT2D eigenvalue weighted by Crippen LogP contribution is -2.53. The Balaban J connectivity index is 1.82. The van der Waals surface area contributed by atoms with Crippen molar-refractivity contribution in [1.82, 2.24) is 10.2 Å². The molecule has 10 nitrogen and oxygen atoms in total. The fourth-order valence-electron chi connectivity index (χ4n) is 5.60. The number of amides is 2. The minimum absolute atomic E-state index is 0.00488. The predicted octanol–water partition coefficient (Wildman–Crippen LogP) is 6.73. The molecule has 0 heterocycles. The fourth-order valence-corrected chi connectivity index (χ4v) is 7.66. The highest BCUT2D eigenvalue weighted by Crippen LogP contribution is 2.37. The van der Waals surface area contributed by atoms with Crippen molar-refractivity contribution in [1.29, 1.82) is 0 Å². The molecule has 2 amide bonds. The van der Waals surface area contributed by atoms with Gasteiger partial charge in [0.2, 0.25) is 11.8 Å². The van der Waals surface area contributed by atoms with Crippen LogP contribution in [-0.2, 0) is 26.2 Å². The zero-order valence-corrected chi connectivity index (χ0v) is 29.7. The van der Waals surface area contributed by atoms with E-state index < -0.39 is 28.5 Å². The van der Waals surface area contributed by atoms with Crippen LogP contribution in [0.4, 0.5) is 5.69 Å². The first-order chi connectivity index (χ1) is 22.4. The van der Waals surface area contributed by atoms with Crippen LogP contribution in [0.5, 0.6) is 17.2 Å². The number of anilines is 1. The van der Waals surface area contributed by atoms with Crippen molar-refractivity contribution in [2.24, 2.45) is 0 Å². The van der Waals surface area contributed by atoms with E-state index in [-0.39, 0.29) is 52.0 Å². The molecule has 0 bridgehead atoms. The van der Waals surface area contributed by atoms with Crippen LogP contribution in [-0.4, -0.2) is 65.1 Å². The second-order valence-corrected chi connectivity index (χ2v) is 14.2. The lowest BCUT2D eigenvalue weighted by Gasteiger charge is -2.34. The van der Waals surface area contributed by atoms with Crippen molar-refractivity contribution >= 4 is 62.3 Å². The van der Waals surface area contributed by atoms with Gasteiger partial charge in [0.05, 0.1) is 31.9 Å². The molecule has 1 aliphatic carbocycles. The van der Waals surface area contributed by atoms with Crippen LogP contribution in [0.3, 0.4) is 0 Å². The van der Waals surface area contributed by atoms with Gasteiger partial charge in [0.1, 0.15) is 18.3 Å². The topological polar surface area (TPSA) is 114 Å². The van der Waals surface area contributed by atoms with Crippen LogP contribution in [0.25, 0.3) is 0 Å². The van der Waals surface area contributed by atoms with Crippen molar-refractivity contribution in [3.8, 4) is 17.2 Å². The number of hydrogen-bond acceptors (Lipinski definition) is 7. The summed E-state index contributed by atoms with van der Waals surface area (Å²) in [4.78, 5) is 29.4. The van der Waals surface area contributed by atoms with E-state index in [4.69, 9.17) is 49.0 Å². The fraction of sp³-hybridized carbons (Fsp3) is 0.394. The Labute approximate surface area is 290 Å². The summed E-state index contributed by atoms with van der Waals surface area (Å²) in [6.45, 7) is 1.01. The summed E-state index contributed by atoms with van der Waals surface area (Å²) in [6, 6.07) is 12.5. The van der Waals surface area contributed by atoms with E-state index in [1.165, 1.54) is 56.6 Å². The van der Waals surface area contributed by atoms with Gasteiger partial charge < -0.3 is 24.4 Å². The van der Waals surface area contributed by atoms with Crippen LogP contribution < -0.4 is 23.8 Å². The third-order valence-corrected chi connectivity index (χ3v) is 10.7. The molecule has 1 saturated carbocycles. The molecule has 1 N–H and O–H groups in total. The molecule has 3 aromatic rings. The zero-order valence-electron chi connectivity index (χ0n) is 26.6. The molecule has 254 valence electrons. The summed E-state index contributed by atoms with van der Waals surface area (Å²) in [5, 5.41) is 4.00. The molecule has 14 heteroatoms. The molecule has 4 rings (SSSR count). The lowest BCUT2D eigenvalue weighted by atomic mass is 10.1. The van der Waals surface area contributed by atoms with Gasteiger partial charge in [-0.3, -0.25) is 13.9 Å². The van der Waals surface area contributed by atoms with E-state index in [1.807, 2.05) is 0 Å². The Bertz CT molecular complexity index is 1700. The number of nitrogens with one attached hydrogen (secondary N) is 1.